The van der Waals surface area contributed by atoms with Crippen LogP contribution < -0.4 is 14.2 Å². The van der Waals surface area contributed by atoms with Crippen LogP contribution in [0.25, 0.3) is 6.08 Å². The number of carbonyl (C=O) groups excluding carboxylic acids is 1. The van der Waals surface area contributed by atoms with Gasteiger partial charge in [-0.3, -0.25) is 10.2 Å². The van der Waals surface area contributed by atoms with Crippen LogP contribution in [0.15, 0.2) is 64.7 Å². The van der Waals surface area contributed by atoms with Gasteiger partial charge in [-0.2, -0.15) is 15.1 Å². The van der Waals surface area contributed by atoms with Crippen LogP contribution >= 0.6 is 34.4 Å². The normalized spacial score (nSPS) is 16.0. The van der Waals surface area contributed by atoms with Crippen molar-refractivity contribution in [1.82, 2.24) is 5.01 Å². The third-order valence-corrected chi connectivity index (χ3v) is 7.14. The zero-order chi connectivity index (χ0) is 25.7. The molecule has 0 atom stereocenters. The Morgan fingerprint density at radius 2 is 1.97 bits per heavy atom. The molecule has 2 heterocycles. The average Bonchev–Trinajstić information content (AvgIpc) is 3.29. The molecule has 2 aliphatic heterocycles. The number of carbonyl (C=O) groups is 1. The van der Waals surface area contributed by atoms with Crippen molar-refractivity contribution in [1.29, 1.82) is 5.41 Å². The molecule has 1 amide bonds. The maximum Gasteiger partial charge on any atom is 0.283 e. The first kappa shape index (κ1) is 26.0. The number of methoxy groups -OCH3 is 1. The molecule has 0 saturated heterocycles. The van der Waals surface area contributed by atoms with Gasteiger partial charge in [-0.05, 0) is 82.6 Å². The lowest BCUT2D eigenvalue weighted by Gasteiger charge is -2.20. The van der Waals surface area contributed by atoms with Crippen LogP contribution in [0, 0.1) is 8.98 Å². The first-order valence-electron chi connectivity index (χ1n) is 11.3. The summed E-state index contributed by atoms with van der Waals surface area (Å²) in [5, 5.41) is 15.5. The number of ether oxygens (including phenoxy) is 3. The van der Waals surface area contributed by atoms with E-state index in [0.717, 1.165) is 26.3 Å². The lowest BCUT2D eigenvalue weighted by Crippen LogP contribution is -2.35. The number of nitrogens with zero attached hydrogens (tertiary/aromatic N) is 3. The zero-order valence-corrected chi connectivity index (χ0v) is 22.9. The number of benzene rings is 2. The van der Waals surface area contributed by atoms with Crippen LogP contribution in [-0.2, 0) is 11.2 Å². The van der Waals surface area contributed by atoms with Crippen molar-refractivity contribution in [3.8, 4) is 17.2 Å². The fourth-order valence-corrected chi connectivity index (χ4v) is 5.17. The van der Waals surface area contributed by atoms with E-state index in [1.165, 1.54) is 16.8 Å². The van der Waals surface area contributed by atoms with Crippen molar-refractivity contribution in [3.05, 3.63) is 69.3 Å². The van der Waals surface area contributed by atoms with Gasteiger partial charge in [-0.25, -0.2) is 0 Å². The number of hydrogen-bond donors (Lipinski definition) is 1. The summed E-state index contributed by atoms with van der Waals surface area (Å²) in [5.74, 6) is 1.45. The van der Waals surface area contributed by atoms with E-state index in [0.29, 0.717) is 41.9 Å². The number of hydrogen-bond acceptors (Lipinski definition) is 7. The summed E-state index contributed by atoms with van der Waals surface area (Å²) in [6, 6.07) is 11.5. The van der Waals surface area contributed by atoms with Crippen molar-refractivity contribution >= 4 is 62.4 Å². The molecule has 0 unspecified atom stereocenters. The number of halogens is 1. The third-order valence-electron chi connectivity index (χ3n) is 5.29. The maximum atomic E-state index is 12.6. The Morgan fingerprint density at radius 1 is 1.19 bits per heavy atom. The van der Waals surface area contributed by atoms with Crippen molar-refractivity contribution < 1.29 is 19.0 Å². The molecular weight excluding hydrogens is 591 g/mol. The number of rotatable bonds is 10. The predicted octanol–water partition coefficient (Wildman–Crippen LogP) is 5.52. The van der Waals surface area contributed by atoms with Crippen molar-refractivity contribution in [3.63, 3.8) is 0 Å². The Labute approximate surface area is 227 Å². The molecule has 186 valence electrons. The second kappa shape index (κ2) is 11.7. The lowest BCUT2D eigenvalue weighted by atomic mass is 10.1. The molecule has 1 N–H and O–H groups in total. The summed E-state index contributed by atoms with van der Waals surface area (Å²) < 4.78 is 18.3. The van der Waals surface area contributed by atoms with Gasteiger partial charge < -0.3 is 14.2 Å². The van der Waals surface area contributed by atoms with E-state index in [-0.39, 0.29) is 11.4 Å². The third kappa shape index (κ3) is 5.65. The number of amides is 1. The number of allylic oxidation sites excluding steroid dienone is 1. The standard InChI is InChI=1S/C26H25IN4O4S/c1-4-8-17-9-6-7-10-20(17)34-11-12-35-23-19(27)14-16(15-21(23)33-3)13-18-24(28)31-26(29-25(18)32)36-22(5-2)30-31/h4,6-7,9-10,13-15,28H,1,5,8,11-12H2,2-3H3/b18-13-,28-24?. The summed E-state index contributed by atoms with van der Waals surface area (Å²) in [5.41, 5.74) is 1.93. The van der Waals surface area contributed by atoms with Gasteiger partial charge in [-0.1, -0.05) is 31.2 Å². The van der Waals surface area contributed by atoms with Gasteiger partial charge in [0.15, 0.2) is 17.3 Å². The SMILES string of the molecule is C=CCc1ccccc1OCCOc1c(I)cc(/C=C2/C(=N)N3N=C(CC)SC3=NC2=O)cc1OC. The predicted molar refractivity (Wildman–Crippen MR) is 152 cm³/mol. The fraction of sp³-hybridized carbons (Fsp3) is 0.231. The van der Waals surface area contributed by atoms with Gasteiger partial charge in [-0.15, -0.1) is 6.58 Å². The summed E-state index contributed by atoms with van der Waals surface area (Å²) in [4.78, 5) is 16.8. The molecule has 0 saturated carbocycles. The van der Waals surface area contributed by atoms with Crippen molar-refractivity contribution in [2.45, 2.75) is 19.8 Å². The van der Waals surface area contributed by atoms with Gasteiger partial charge in [0.2, 0.25) is 5.17 Å². The first-order valence-corrected chi connectivity index (χ1v) is 13.2. The Kier molecular flexibility index (Phi) is 8.47. The van der Waals surface area contributed by atoms with Crippen LogP contribution in [0.2, 0.25) is 0 Å². The summed E-state index contributed by atoms with van der Waals surface area (Å²) in [6.45, 7) is 6.44. The largest absolute Gasteiger partial charge is 0.493 e. The quantitative estimate of drug-likeness (QED) is 0.164. The van der Waals surface area contributed by atoms with Crippen LogP contribution in [-0.4, -0.2) is 47.3 Å². The number of hydrazone groups is 1. The second-order valence-corrected chi connectivity index (χ2v) is 9.90. The van der Waals surface area contributed by atoms with Gasteiger partial charge in [0, 0.05) is 0 Å². The van der Waals surface area contributed by atoms with E-state index >= 15 is 0 Å². The Balaban J connectivity index is 1.48. The van der Waals surface area contributed by atoms with Crippen molar-refractivity contribution in [2.75, 3.05) is 20.3 Å². The lowest BCUT2D eigenvalue weighted by molar-refractivity contribution is -0.114. The van der Waals surface area contributed by atoms with E-state index in [1.54, 1.807) is 19.3 Å². The average molecular weight is 616 g/mol. The molecule has 2 aliphatic rings. The van der Waals surface area contributed by atoms with E-state index < -0.39 is 5.91 Å². The zero-order valence-electron chi connectivity index (χ0n) is 19.9. The number of amidine groups is 2. The Morgan fingerprint density at radius 3 is 2.72 bits per heavy atom. The van der Waals surface area contributed by atoms with Crippen LogP contribution in [0.1, 0.15) is 24.5 Å². The molecular formula is C26H25IN4O4S. The molecule has 4 rings (SSSR count). The molecule has 0 aliphatic carbocycles. The molecule has 2 aromatic carbocycles. The number of nitrogens with one attached hydrogen (secondary N) is 1. The fourth-order valence-electron chi connectivity index (χ4n) is 3.57. The molecule has 0 bridgehead atoms. The molecule has 0 fully saturated rings. The highest BCUT2D eigenvalue weighted by Crippen LogP contribution is 2.36. The smallest absolute Gasteiger partial charge is 0.283 e. The highest BCUT2D eigenvalue weighted by Gasteiger charge is 2.35. The molecule has 8 nitrogen and oxygen atoms in total. The Hall–Kier alpha value is -3.12. The summed E-state index contributed by atoms with van der Waals surface area (Å²) >= 11 is 3.48. The van der Waals surface area contributed by atoms with Gasteiger partial charge in [0.05, 0.1) is 16.3 Å². The highest BCUT2D eigenvalue weighted by molar-refractivity contribution is 14.1. The number of para-hydroxylation sites is 1. The highest BCUT2D eigenvalue weighted by atomic mass is 127. The monoisotopic (exact) mass is 616 g/mol. The summed E-state index contributed by atoms with van der Waals surface area (Å²) in [6.07, 6.45) is 4.91. The first-order chi connectivity index (χ1) is 17.4. The molecule has 0 aromatic heterocycles. The van der Waals surface area contributed by atoms with Crippen LogP contribution in [0.3, 0.4) is 0 Å². The molecule has 0 radical (unpaired) electrons. The maximum absolute atomic E-state index is 12.6. The van der Waals surface area contributed by atoms with Gasteiger partial charge in [0.25, 0.3) is 5.91 Å². The molecule has 2 aromatic rings. The Bertz CT molecular complexity index is 1300. The summed E-state index contributed by atoms with van der Waals surface area (Å²) in [7, 11) is 1.56. The molecule has 10 heteroatoms. The van der Waals surface area contributed by atoms with E-state index in [9.17, 15) is 4.79 Å². The topological polar surface area (TPSA) is 96.6 Å². The van der Waals surface area contributed by atoms with Crippen molar-refractivity contribution in [2.24, 2.45) is 10.1 Å². The second-order valence-electron chi connectivity index (χ2n) is 7.70. The van der Waals surface area contributed by atoms with Gasteiger partial charge >= 0.3 is 0 Å². The number of thioether (sulfide) groups is 1. The molecule has 36 heavy (non-hydrogen) atoms. The van der Waals surface area contributed by atoms with Crippen LogP contribution in [0.5, 0.6) is 17.2 Å². The molecule has 0 spiro atoms. The minimum absolute atomic E-state index is 0.00383. The van der Waals surface area contributed by atoms with Gasteiger partial charge in [0.1, 0.15) is 24.0 Å². The number of fused-ring (bicyclic) bond motifs is 1. The minimum Gasteiger partial charge on any atom is -0.493 e. The van der Waals surface area contributed by atoms with E-state index in [4.69, 9.17) is 19.6 Å². The van der Waals surface area contributed by atoms with Crippen LogP contribution in [0.4, 0.5) is 0 Å². The van der Waals surface area contributed by atoms with E-state index in [1.807, 2.05) is 43.3 Å². The minimum atomic E-state index is -0.463. The number of aliphatic imine (C=N–C) groups is 1. The van der Waals surface area contributed by atoms with E-state index in [2.05, 4.69) is 39.3 Å².